The molecule has 1 heterocycles. The highest BCUT2D eigenvalue weighted by atomic mass is 35.5. The van der Waals surface area contributed by atoms with E-state index in [4.69, 9.17) is 11.6 Å². The lowest BCUT2D eigenvalue weighted by Crippen LogP contribution is -2.39. The zero-order chi connectivity index (χ0) is 18.7. The standard InChI is InChI=1S/C20H19ClN2O2S/c1-13-8-14(2)20(16(21)9-13)22-18(24)10-23-17(11-26-12-19(23)25)15-6-4-3-5-7-15/h3-9,11H,10,12H2,1-2H3,(H,22,24). The van der Waals surface area contributed by atoms with E-state index in [1.165, 1.54) is 16.7 Å². The van der Waals surface area contributed by atoms with Crippen LogP contribution < -0.4 is 5.32 Å². The van der Waals surface area contributed by atoms with Crippen molar-refractivity contribution in [3.63, 3.8) is 0 Å². The number of halogens is 1. The third-order valence-electron chi connectivity index (χ3n) is 4.06. The first-order valence-corrected chi connectivity index (χ1v) is 9.62. The minimum absolute atomic E-state index is 0.0518. The van der Waals surface area contributed by atoms with E-state index in [0.717, 1.165) is 22.4 Å². The van der Waals surface area contributed by atoms with E-state index in [1.807, 2.05) is 61.7 Å². The summed E-state index contributed by atoms with van der Waals surface area (Å²) in [5.41, 5.74) is 4.16. The van der Waals surface area contributed by atoms with Crippen molar-refractivity contribution in [2.45, 2.75) is 13.8 Å². The molecule has 26 heavy (non-hydrogen) atoms. The number of hydrogen-bond donors (Lipinski definition) is 1. The van der Waals surface area contributed by atoms with E-state index in [1.54, 1.807) is 0 Å². The predicted octanol–water partition coefficient (Wildman–Crippen LogP) is 4.47. The van der Waals surface area contributed by atoms with Crippen molar-refractivity contribution in [1.82, 2.24) is 4.90 Å². The molecule has 0 saturated carbocycles. The number of thioether (sulfide) groups is 1. The maximum Gasteiger partial charge on any atom is 0.244 e. The van der Waals surface area contributed by atoms with Crippen molar-refractivity contribution in [3.05, 3.63) is 69.6 Å². The number of aryl methyl sites for hydroxylation is 2. The summed E-state index contributed by atoms with van der Waals surface area (Å²) >= 11 is 7.71. The largest absolute Gasteiger partial charge is 0.323 e. The van der Waals surface area contributed by atoms with E-state index < -0.39 is 0 Å². The summed E-state index contributed by atoms with van der Waals surface area (Å²) < 4.78 is 0. The molecule has 0 fully saturated rings. The first-order chi connectivity index (χ1) is 12.5. The molecule has 0 atom stereocenters. The van der Waals surface area contributed by atoms with Crippen LogP contribution in [0.5, 0.6) is 0 Å². The molecule has 0 aliphatic carbocycles. The molecule has 0 unspecified atom stereocenters. The van der Waals surface area contributed by atoms with Gasteiger partial charge in [0.1, 0.15) is 6.54 Å². The zero-order valence-electron chi connectivity index (χ0n) is 14.6. The molecule has 4 nitrogen and oxygen atoms in total. The normalized spacial score (nSPS) is 14.2. The molecule has 134 valence electrons. The number of hydrogen-bond acceptors (Lipinski definition) is 3. The third kappa shape index (κ3) is 4.11. The Balaban J connectivity index is 1.80. The first-order valence-electron chi connectivity index (χ1n) is 8.20. The van der Waals surface area contributed by atoms with E-state index >= 15 is 0 Å². The second-order valence-corrected chi connectivity index (χ2v) is 7.41. The highest BCUT2D eigenvalue weighted by Gasteiger charge is 2.25. The minimum atomic E-state index is -0.277. The number of amides is 2. The lowest BCUT2D eigenvalue weighted by molar-refractivity contribution is -0.129. The molecule has 1 aliphatic rings. The average Bonchev–Trinajstić information content (AvgIpc) is 2.60. The Kier molecular flexibility index (Phi) is 5.69. The van der Waals surface area contributed by atoms with Crippen molar-refractivity contribution in [1.29, 1.82) is 0 Å². The van der Waals surface area contributed by atoms with Crippen LogP contribution in [0, 0.1) is 13.8 Å². The van der Waals surface area contributed by atoms with Crippen LogP contribution in [0.1, 0.15) is 16.7 Å². The topological polar surface area (TPSA) is 49.4 Å². The molecule has 0 aromatic heterocycles. The van der Waals surface area contributed by atoms with Crippen LogP contribution in [0.25, 0.3) is 5.70 Å². The molecule has 0 saturated heterocycles. The van der Waals surface area contributed by atoms with Crippen LogP contribution in [0.4, 0.5) is 5.69 Å². The van der Waals surface area contributed by atoms with Gasteiger partial charge in [-0.1, -0.05) is 48.0 Å². The molecule has 2 aromatic carbocycles. The van der Waals surface area contributed by atoms with Gasteiger partial charge in [-0.2, -0.15) is 0 Å². The maximum absolute atomic E-state index is 12.6. The van der Waals surface area contributed by atoms with Crippen molar-refractivity contribution < 1.29 is 9.59 Å². The first kappa shape index (κ1) is 18.5. The molecule has 0 spiro atoms. The van der Waals surface area contributed by atoms with Gasteiger partial charge in [-0.05, 0) is 42.0 Å². The summed E-state index contributed by atoms with van der Waals surface area (Å²) in [4.78, 5) is 26.5. The van der Waals surface area contributed by atoms with Gasteiger partial charge in [-0.15, -0.1) is 11.8 Å². The molecule has 6 heteroatoms. The summed E-state index contributed by atoms with van der Waals surface area (Å²) in [5, 5.41) is 5.27. The second-order valence-electron chi connectivity index (χ2n) is 6.15. The Hall–Kier alpha value is -2.24. The van der Waals surface area contributed by atoms with Gasteiger partial charge in [0.25, 0.3) is 0 Å². The van der Waals surface area contributed by atoms with Crippen LogP contribution in [-0.4, -0.2) is 29.0 Å². The molecule has 1 aliphatic heterocycles. The van der Waals surface area contributed by atoms with Crippen molar-refractivity contribution >= 4 is 46.6 Å². The van der Waals surface area contributed by atoms with Crippen molar-refractivity contribution in [3.8, 4) is 0 Å². The second kappa shape index (κ2) is 7.98. The van der Waals surface area contributed by atoms with E-state index in [9.17, 15) is 9.59 Å². The van der Waals surface area contributed by atoms with Gasteiger partial charge in [0, 0.05) is 0 Å². The van der Waals surface area contributed by atoms with E-state index in [-0.39, 0.29) is 18.4 Å². The predicted molar refractivity (Wildman–Crippen MR) is 108 cm³/mol. The Labute approximate surface area is 162 Å². The van der Waals surface area contributed by atoms with Gasteiger partial charge in [-0.3, -0.25) is 9.59 Å². The molecule has 3 rings (SSSR count). The lowest BCUT2D eigenvalue weighted by Gasteiger charge is -2.28. The molecule has 1 N–H and O–H groups in total. The van der Waals surface area contributed by atoms with Gasteiger partial charge < -0.3 is 10.2 Å². The summed E-state index contributed by atoms with van der Waals surface area (Å²) in [6, 6.07) is 13.4. The van der Waals surface area contributed by atoms with E-state index in [2.05, 4.69) is 5.32 Å². The molecule has 2 amide bonds. The number of carbonyl (C=O) groups excluding carboxylic acids is 2. The highest BCUT2D eigenvalue weighted by Crippen LogP contribution is 2.29. The Morgan fingerprint density at radius 2 is 1.96 bits per heavy atom. The lowest BCUT2D eigenvalue weighted by atomic mass is 10.1. The molecule has 2 aromatic rings. The quantitative estimate of drug-likeness (QED) is 0.843. The smallest absolute Gasteiger partial charge is 0.244 e. The Bertz CT molecular complexity index is 858. The van der Waals surface area contributed by atoms with Gasteiger partial charge in [-0.25, -0.2) is 0 Å². The van der Waals surface area contributed by atoms with Crippen LogP contribution in [-0.2, 0) is 9.59 Å². The average molecular weight is 387 g/mol. The number of nitrogens with one attached hydrogen (secondary N) is 1. The Morgan fingerprint density at radius 1 is 1.23 bits per heavy atom. The fourth-order valence-corrected chi connectivity index (χ4v) is 4.04. The third-order valence-corrected chi connectivity index (χ3v) is 5.16. The van der Waals surface area contributed by atoms with Crippen LogP contribution >= 0.6 is 23.4 Å². The summed E-state index contributed by atoms with van der Waals surface area (Å²) in [6.45, 7) is 3.79. The van der Waals surface area contributed by atoms with Crippen molar-refractivity contribution in [2.24, 2.45) is 0 Å². The summed E-state index contributed by atoms with van der Waals surface area (Å²) in [7, 11) is 0. The zero-order valence-corrected chi connectivity index (χ0v) is 16.2. The van der Waals surface area contributed by atoms with Gasteiger partial charge in [0.2, 0.25) is 11.8 Å². The highest BCUT2D eigenvalue weighted by molar-refractivity contribution is 8.03. The van der Waals surface area contributed by atoms with Crippen LogP contribution in [0.2, 0.25) is 5.02 Å². The monoisotopic (exact) mass is 386 g/mol. The van der Waals surface area contributed by atoms with Gasteiger partial charge in [0.15, 0.2) is 0 Å². The van der Waals surface area contributed by atoms with E-state index in [0.29, 0.717) is 16.5 Å². The fraction of sp³-hybridized carbons (Fsp3) is 0.200. The van der Waals surface area contributed by atoms with Crippen LogP contribution in [0.3, 0.4) is 0 Å². The fourth-order valence-electron chi connectivity index (χ4n) is 2.87. The number of anilines is 1. The van der Waals surface area contributed by atoms with Crippen LogP contribution in [0.15, 0.2) is 47.9 Å². The van der Waals surface area contributed by atoms with Gasteiger partial charge in [0.05, 0.1) is 22.2 Å². The minimum Gasteiger partial charge on any atom is -0.323 e. The number of benzene rings is 2. The Morgan fingerprint density at radius 3 is 2.65 bits per heavy atom. The molecular formula is C20H19ClN2O2S. The number of carbonyl (C=O) groups is 2. The number of nitrogens with zero attached hydrogens (tertiary/aromatic N) is 1. The summed E-state index contributed by atoms with van der Waals surface area (Å²) in [6.07, 6.45) is 0. The maximum atomic E-state index is 12.6. The summed E-state index contributed by atoms with van der Waals surface area (Å²) in [5.74, 6) is -0.0346. The van der Waals surface area contributed by atoms with Gasteiger partial charge >= 0.3 is 0 Å². The van der Waals surface area contributed by atoms with Crippen molar-refractivity contribution in [2.75, 3.05) is 17.6 Å². The molecular weight excluding hydrogens is 368 g/mol. The SMILES string of the molecule is Cc1cc(C)c(NC(=O)CN2C(=O)CSC=C2c2ccccc2)c(Cl)c1. The molecule has 0 radical (unpaired) electrons. The number of rotatable bonds is 4. The molecule has 0 bridgehead atoms.